The lowest BCUT2D eigenvalue weighted by atomic mass is 10.1. The summed E-state index contributed by atoms with van der Waals surface area (Å²) < 4.78 is 7.88. The highest BCUT2D eigenvalue weighted by atomic mass is 16.5. The molecular weight excluding hydrogens is 226 g/mol. The van der Waals surface area contributed by atoms with Crippen LogP contribution in [0.3, 0.4) is 0 Å². The van der Waals surface area contributed by atoms with Gasteiger partial charge in [0.1, 0.15) is 6.10 Å². The molecule has 0 aliphatic heterocycles. The number of aryl methyl sites for hydroxylation is 1. The van der Waals surface area contributed by atoms with Gasteiger partial charge >= 0.3 is 0 Å². The number of hydrogen-bond donors (Lipinski definition) is 1. The van der Waals surface area contributed by atoms with Gasteiger partial charge in [0.05, 0.1) is 12.4 Å². The zero-order valence-corrected chi connectivity index (χ0v) is 12.3. The molecule has 0 aliphatic rings. The van der Waals surface area contributed by atoms with E-state index in [-0.39, 0.29) is 6.10 Å². The van der Waals surface area contributed by atoms with Crippen molar-refractivity contribution in [3.05, 3.63) is 12.4 Å². The maximum absolute atomic E-state index is 5.99. The number of rotatable bonds is 8. The average molecular weight is 253 g/mol. The zero-order valence-electron chi connectivity index (χ0n) is 12.3. The van der Waals surface area contributed by atoms with E-state index in [1.165, 1.54) is 0 Å². The second-order valence-electron chi connectivity index (χ2n) is 5.48. The highest BCUT2D eigenvalue weighted by molar-refractivity contribution is 5.12. The van der Waals surface area contributed by atoms with E-state index in [9.17, 15) is 0 Å². The Morgan fingerprint density at radius 3 is 2.50 bits per heavy atom. The zero-order chi connectivity index (χ0) is 13.5. The Labute approximate surface area is 111 Å². The van der Waals surface area contributed by atoms with E-state index in [0.717, 1.165) is 25.4 Å². The Bertz CT molecular complexity index is 334. The SMILES string of the molecule is CCn1cc(OC(CNCC(C)C)C(C)C)cn1. The quantitative estimate of drug-likeness (QED) is 0.774. The van der Waals surface area contributed by atoms with Crippen LogP contribution in [0.15, 0.2) is 12.4 Å². The largest absolute Gasteiger partial charge is 0.486 e. The van der Waals surface area contributed by atoms with Crippen molar-refractivity contribution in [1.82, 2.24) is 15.1 Å². The summed E-state index contributed by atoms with van der Waals surface area (Å²) in [5.41, 5.74) is 0. The van der Waals surface area contributed by atoms with Crippen LogP contribution in [0.25, 0.3) is 0 Å². The summed E-state index contributed by atoms with van der Waals surface area (Å²) in [7, 11) is 0. The smallest absolute Gasteiger partial charge is 0.157 e. The number of ether oxygens (including phenoxy) is 1. The van der Waals surface area contributed by atoms with Crippen LogP contribution >= 0.6 is 0 Å². The summed E-state index contributed by atoms with van der Waals surface area (Å²) >= 11 is 0. The third kappa shape index (κ3) is 5.08. The Morgan fingerprint density at radius 2 is 2.00 bits per heavy atom. The van der Waals surface area contributed by atoms with Crippen molar-refractivity contribution in [2.45, 2.75) is 47.3 Å². The topological polar surface area (TPSA) is 39.1 Å². The number of aromatic nitrogens is 2. The van der Waals surface area contributed by atoms with Crippen LogP contribution in [0.4, 0.5) is 0 Å². The minimum Gasteiger partial charge on any atom is -0.486 e. The molecule has 1 heterocycles. The molecule has 1 rings (SSSR count). The molecule has 1 unspecified atom stereocenters. The highest BCUT2D eigenvalue weighted by Gasteiger charge is 2.15. The van der Waals surface area contributed by atoms with E-state index < -0.39 is 0 Å². The van der Waals surface area contributed by atoms with Crippen LogP contribution < -0.4 is 10.1 Å². The van der Waals surface area contributed by atoms with Crippen molar-refractivity contribution in [3.63, 3.8) is 0 Å². The Hall–Kier alpha value is -1.03. The predicted octanol–water partition coefficient (Wildman–Crippen LogP) is 2.55. The van der Waals surface area contributed by atoms with Crippen LogP contribution in [0, 0.1) is 11.8 Å². The molecule has 0 aliphatic carbocycles. The van der Waals surface area contributed by atoms with Crippen molar-refractivity contribution in [2.75, 3.05) is 13.1 Å². The molecule has 0 saturated heterocycles. The normalized spacial score (nSPS) is 13.3. The molecule has 0 radical (unpaired) electrons. The second-order valence-corrected chi connectivity index (χ2v) is 5.48. The third-order valence-corrected chi connectivity index (χ3v) is 2.86. The summed E-state index contributed by atoms with van der Waals surface area (Å²) in [5, 5.41) is 7.68. The van der Waals surface area contributed by atoms with Gasteiger partial charge in [-0.25, -0.2) is 0 Å². The lowest BCUT2D eigenvalue weighted by Gasteiger charge is -2.22. The first-order chi connectivity index (χ1) is 8.52. The van der Waals surface area contributed by atoms with Crippen LogP contribution in [0.2, 0.25) is 0 Å². The molecule has 4 nitrogen and oxygen atoms in total. The molecule has 1 aromatic heterocycles. The lowest BCUT2D eigenvalue weighted by Crippen LogP contribution is -2.36. The summed E-state index contributed by atoms with van der Waals surface area (Å²) in [6.07, 6.45) is 3.94. The van der Waals surface area contributed by atoms with Crippen molar-refractivity contribution >= 4 is 0 Å². The molecule has 0 aromatic carbocycles. The van der Waals surface area contributed by atoms with E-state index in [1.54, 1.807) is 6.20 Å². The van der Waals surface area contributed by atoms with E-state index in [2.05, 4.69) is 45.0 Å². The Balaban J connectivity index is 2.46. The van der Waals surface area contributed by atoms with Gasteiger partial charge in [-0.2, -0.15) is 5.10 Å². The second kappa shape index (κ2) is 7.41. The van der Waals surface area contributed by atoms with Gasteiger partial charge in [0.25, 0.3) is 0 Å². The average Bonchev–Trinajstić information content (AvgIpc) is 2.74. The van der Waals surface area contributed by atoms with Gasteiger partial charge in [-0.3, -0.25) is 4.68 Å². The summed E-state index contributed by atoms with van der Waals surface area (Å²) in [4.78, 5) is 0. The molecule has 1 atom stereocenters. The van der Waals surface area contributed by atoms with Crippen LogP contribution in [-0.2, 0) is 6.54 Å². The number of nitrogens with zero attached hydrogens (tertiary/aromatic N) is 2. The maximum Gasteiger partial charge on any atom is 0.157 e. The molecule has 0 saturated carbocycles. The molecule has 1 N–H and O–H groups in total. The fourth-order valence-corrected chi connectivity index (χ4v) is 1.68. The first kappa shape index (κ1) is 15.0. The first-order valence-electron chi connectivity index (χ1n) is 6.92. The monoisotopic (exact) mass is 253 g/mol. The minimum atomic E-state index is 0.193. The van der Waals surface area contributed by atoms with Crippen LogP contribution in [-0.4, -0.2) is 29.0 Å². The fourth-order valence-electron chi connectivity index (χ4n) is 1.68. The standard InChI is InChI=1S/C14H27N3O/c1-6-17-10-13(8-16-17)18-14(12(4)5)9-15-7-11(2)3/h8,10-12,14-15H,6-7,9H2,1-5H3. The first-order valence-corrected chi connectivity index (χ1v) is 6.92. The molecule has 4 heteroatoms. The summed E-state index contributed by atoms with van der Waals surface area (Å²) in [6.45, 7) is 13.7. The molecule has 104 valence electrons. The van der Waals surface area contributed by atoms with Crippen molar-refractivity contribution in [2.24, 2.45) is 11.8 Å². The van der Waals surface area contributed by atoms with Gasteiger partial charge in [-0.15, -0.1) is 0 Å². The van der Waals surface area contributed by atoms with Gasteiger partial charge in [0.2, 0.25) is 0 Å². The summed E-state index contributed by atoms with van der Waals surface area (Å²) in [5.74, 6) is 2.01. The Kier molecular flexibility index (Phi) is 6.19. The van der Waals surface area contributed by atoms with Gasteiger partial charge in [-0.1, -0.05) is 27.7 Å². The van der Waals surface area contributed by atoms with E-state index in [4.69, 9.17) is 4.74 Å². The molecule has 18 heavy (non-hydrogen) atoms. The van der Waals surface area contributed by atoms with Gasteiger partial charge < -0.3 is 10.1 Å². The number of nitrogens with one attached hydrogen (secondary N) is 1. The molecular formula is C14H27N3O. The number of hydrogen-bond acceptors (Lipinski definition) is 3. The maximum atomic E-state index is 5.99. The van der Waals surface area contributed by atoms with E-state index >= 15 is 0 Å². The summed E-state index contributed by atoms with van der Waals surface area (Å²) in [6, 6.07) is 0. The molecule has 0 fully saturated rings. The highest BCUT2D eigenvalue weighted by Crippen LogP contribution is 2.14. The van der Waals surface area contributed by atoms with Crippen molar-refractivity contribution in [3.8, 4) is 5.75 Å². The lowest BCUT2D eigenvalue weighted by molar-refractivity contribution is 0.148. The van der Waals surface area contributed by atoms with Crippen LogP contribution in [0.1, 0.15) is 34.6 Å². The molecule has 0 bridgehead atoms. The molecule has 0 spiro atoms. The van der Waals surface area contributed by atoms with Crippen LogP contribution in [0.5, 0.6) is 5.75 Å². The van der Waals surface area contributed by atoms with Gasteiger partial charge in [-0.05, 0) is 25.3 Å². The molecule has 0 amide bonds. The van der Waals surface area contributed by atoms with Gasteiger partial charge in [0, 0.05) is 13.1 Å². The molecule has 1 aromatic rings. The van der Waals surface area contributed by atoms with E-state index in [1.807, 2.05) is 10.9 Å². The predicted molar refractivity (Wildman–Crippen MR) is 74.9 cm³/mol. The van der Waals surface area contributed by atoms with Crippen molar-refractivity contribution < 1.29 is 4.74 Å². The van der Waals surface area contributed by atoms with Crippen molar-refractivity contribution in [1.29, 1.82) is 0 Å². The van der Waals surface area contributed by atoms with Gasteiger partial charge in [0.15, 0.2) is 5.75 Å². The third-order valence-electron chi connectivity index (χ3n) is 2.86. The van der Waals surface area contributed by atoms with E-state index in [0.29, 0.717) is 11.8 Å². The Morgan fingerprint density at radius 1 is 1.28 bits per heavy atom. The minimum absolute atomic E-state index is 0.193. The fraction of sp³-hybridized carbons (Fsp3) is 0.786.